The number of nitrogens with one attached hydrogen (secondary N) is 1. The maximum Gasteiger partial charge on any atom is 0.339 e. The summed E-state index contributed by atoms with van der Waals surface area (Å²) >= 11 is 1.83. The van der Waals surface area contributed by atoms with E-state index in [1.165, 1.54) is 6.42 Å². The minimum Gasteiger partial charge on any atom is -0.478 e. The van der Waals surface area contributed by atoms with E-state index >= 15 is 0 Å². The van der Waals surface area contributed by atoms with Gasteiger partial charge >= 0.3 is 5.97 Å². The maximum absolute atomic E-state index is 11.1. The number of carboxylic acid groups (broad SMARTS) is 1. The first-order valence-corrected chi connectivity index (χ1v) is 8.06. The van der Waals surface area contributed by atoms with Gasteiger partial charge in [-0.3, -0.25) is 10.1 Å². The van der Waals surface area contributed by atoms with Crippen LogP contribution in [0.15, 0.2) is 12.3 Å². The Morgan fingerprint density at radius 1 is 1.43 bits per heavy atom. The number of carbonyl (C=O) groups is 1. The van der Waals surface area contributed by atoms with Crippen LogP contribution in [0.25, 0.3) is 0 Å². The molecular formula is C13H19N3O4S. The molecule has 0 bridgehead atoms. The molecule has 7 nitrogen and oxygen atoms in total. The molecule has 0 aliphatic carbocycles. The van der Waals surface area contributed by atoms with E-state index in [9.17, 15) is 14.9 Å². The molecule has 0 spiro atoms. The van der Waals surface area contributed by atoms with Crippen molar-refractivity contribution in [2.45, 2.75) is 25.7 Å². The van der Waals surface area contributed by atoms with Crippen molar-refractivity contribution in [1.29, 1.82) is 0 Å². The molecule has 2 N–H and O–H groups in total. The van der Waals surface area contributed by atoms with Crippen LogP contribution in [0.3, 0.4) is 0 Å². The largest absolute Gasteiger partial charge is 0.478 e. The quantitative estimate of drug-likeness (QED) is 0.388. The molecule has 0 unspecified atom stereocenters. The highest BCUT2D eigenvalue weighted by Gasteiger charge is 2.17. The Bertz CT molecular complexity index is 496. The van der Waals surface area contributed by atoms with Crippen molar-refractivity contribution in [3.8, 4) is 0 Å². The summed E-state index contributed by atoms with van der Waals surface area (Å²) in [6.07, 6.45) is 7.43. The number of thioether (sulfide) groups is 1. The Balaban J connectivity index is 2.51. The Labute approximate surface area is 127 Å². The molecule has 0 saturated heterocycles. The minimum absolute atomic E-state index is 0.174. The summed E-state index contributed by atoms with van der Waals surface area (Å²) in [6, 6.07) is 1.02. The Morgan fingerprint density at radius 2 is 2.14 bits per heavy atom. The third kappa shape index (κ3) is 5.99. The fourth-order valence-corrected chi connectivity index (χ4v) is 2.28. The highest BCUT2D eigenvalue weighted by molar-refractivity contribution is 7.98. The van der Waals surface area contributed by atoms with E-state index in [1.807, 2.05) is 11.8 Å². The van der Waals surface area contributed by atoms with Crippen LogP contribution in [0, 0.1) is 10.1 Å². The summed E-state index contributed by atoms with van der Waals surface area (Å²) in [5.41, 5.74) is -0.499. The van der Waals surface area contributed by atoms with Gasteiger partial charge in [-0.15, -0.1) is 0 Å². The van der Waals surface area contributed by atoms with Crippen LogP contribution in [-0.2, 0) is 0 Å². The number of hydrogen-bond acceptors (Lipinski definition) is 6. The monoisotopic (exact) mass is 313 g/mol. The van der Waals surface area contributed by atoms with Crippen molar-refractivity contribution >= 4 is 29.2 Å². The normalized spacial score (nSPS) is 10.3. The summed E-state index contributed by atoms with van der Waals surface area (Å²) in [6.45, 7) is 0.602. The first-order valence-electron chi connectivity index (χ1n) is 6.66. The second kappa shape index (κ2) is 9.17. The van der Waals surface area contributed by atoms with Gasteiger partial charge in [0, 0.05) is 12.6 Å². The van der Waals surface area contributed by atoms with Gasteiger partial charge in [-0.1, -0.05) is 12.8 Å². The van der Waals surface area contributed by atoms with Gasteiger partial charge in [-0.05, 0) is 24.9 Å². The molecule has 1 aromatic heterocycles. The molecule has 8 heteroatoms. The molecule has 1 aromatic rings. The summed E-state index contributed by atoms with van der Waals surface area (Å²) in [4.78, 5) is 24.9. The number of pyridine rings is 1. The average Bonchev–Trinajstić information content (AvgIpc) is 2.46. The number of aromatic nitrogens is 1. The van der Waals surface area contributed by atoms with Crippen LogP contribution in [0.1, 0.15) is 36.0 Å². The van der Waals surface area contributed by atoms with E-state index < -0.39 is 10.9 Å². The van der Waals surface area contributed by atoms with E-state index in [-0.39, 0.29) is 17.1 Å². The van der Waals surface area contributed by atoms with Crippen LogP contribution >= 0.6 is 11.8 Å². The lowest BCUT2D eigenvalue weighted by Crippen LogP contribution is -2.10. The lowest BCUT2D eigenvalue weighted by molar-refractivity contribution is -0.385. The second-order valence-electron chi connectivity index (χ2n) is 4.49. The van der Waals surface area contributed by atoms with Gasteiger partial charge in [-0.25, -0.2) is 9.78 Å². The van der Waals surface area contributed by atoms with Gasteiger partial charge in [0.2, 0.25) is 0 Å². The number of unbranched alkanes of at least 4 members (excludes halogenated alkanes) is 3. The number of anilines is 1. The Morgan fingerprint density at radius 3 is 2.76 bits per heavy atom. The third-order valence-corrected chi connectivity index (χ3v) is 3.58. The Hall–Kier alpha value is -1.83. The number of nitrogens with zero attached hydrogens (tertiary/aromatic N) is 2. The molecule has 0 aliphatic rings. The molecule has 0 aromatic carbocycles. The van der Waals surface area contributed by atoms with Crippen molar-refractivity contribution in [3.63, 3.8) is 0 Å². The van der Waals surface area contributed by atoms with Crippen molar-refractivity contribution in [2.24, 2.45) is 0 Å². The zero-order valence-corrected chi connectivity index (χ0v) is 12.7. The fourth-order valence-electron chi connectivity index (χ4n) is 1.79. The minimum atomic E-state index is -1.23. The molecule has 1 rings (SSSR count). The van der Waals surface area contributed by atoms with E-state index in [0.717, 1.165) is 37.3 Å². The lowest BCUT2D eigenvalue weighted by Gasteiger charge is -2.08. The first-order chi connectivity index (χ1) is 10.1. The molecule has 0 saturated carbocycles. The van der Waals surface area contributed by atoms with Crippen LogP contribution in [0.5, 0.6) is 0 Å². The zero-order valence-electron chi connectivity index (χ0n) is 11.9. The van der Waals surface area contributed by atoms with Gasteiger partial charge in [0.15, 0.2) is 0 Å². The molecule has 0 amide bonds. The predicted molar refractivity (Wildman–Crippen MR) is 83.2 cm³/mol. The molecule has 0 atom stereocenters. The average molecular weight is 313 g/mol. The number of nitro groups is 1. The number of carboxylic acids is 1. The smallest absolute Gasteiger partial charge is 0.339 e. The summed E-state index contributed by atoms with van der Waals surface area (Å²) in [5.74, 6) is 0.103. The number of aromatic carboxylic acids is 1. The van der Waals surface area contributed by atoms with E-state index in [0.29, 0.717) is 6.54 Å². The van der Waals surface area contributed by atoms with Crippen molar-refractivity contribution in [1.82, 2.24) is 4.98 Å². The molecule has 1 heterocycles. The maximum atomic E-state index is 11.1. The SMILES string of the molecule is CSCCCCCCNc1ncc([N+](=O)[O-])cc1C(=O)O. The van der Waals surface area contributed by atoms with Gasteiger partial charge in [0.05, 0.1) is 4.92 Å². The summed E-state index contributed by atoms with van der Waals surface area (Å²) in [7, 11) is 0. The molecule has 116 valence electrons. The van der Waals surface area contributed by atoms with Crippen LogP contribution in [0.2, 0.25) is 0 Å². The lowest BCUT2D eigenvalue weighted by atomic mass is 10.2. The van der Waals surface area contributed by atoms with Crippen molar-refractivity contribution < 1.29 is 14.8 Å². The third-order valence-electron chi connectivity index (χ3n) is 2.88. The topological polar surface area (TPSA) is 105 Å². The molecule has 0 aliphatic heterocycles. The highest BCUT2D eigenvalue weighted by atomic mass is 32.2. The van der Waals surface area contributed by atoms with Gasteiger partial charge in [0.25, 0.3) is 5.69 Å². The number of rotatable bonds is 10. The standard InChI is InChI=1S/C13H19N3O4S/c1-21-7-5-3-2-4-6-14-12-11(13(17)18)8-10(9-15-12)16(19)20/h8-9H,2-7H2,1H3,(H,14,15)(H,17,18). The first kappa shape index (κ1) is 17.2. The van der Waals surface area contributed by atoms with Gasteiger partial charge in [-0.2, -0.15) is 11.8 Å². The van der Waals surface area contributed by atoms with Crippen molar-refractivity contribution in [3.05, 3.63) is 27.9 Å². The molecular weight excluding hydrogens is 294 g/mol. The predicted octanol–water partition coefficient (Wildman–Crippen LogP) is 3.02. The van der Waals surface area contributed by atoms with Gasteiger partial charge in [0.1, 0.15) is 17.6 Å². The van der Waals surface area contributed by atoms with Crippen LogP contribution in [-0.4, -0.2) is 39.5 Å². The molecule has 0 fully saturated rings. The summed E-state index contributed by atoms with van der Waals surface area (Å²) < 4.78 is 0. The molecule has 0 radical (unpaired) electrons. The van der Waals surface area contributed by atoms with E-state index in [1.54, 1.807) is 0 Å². The van der Waals surface area contributed by atoms with Crippen LogP contribution in [0.4, 0.5) is 11.5 Å². The fraction of sp³-hybridized carbons (Fsp3) is 0.538. The van der Waals surface area contributed by atoms with Gasteiger partial charge < -0.3 is 10.4 Å². The summed E-state index contributed by atoms with van der Waals surface area (Å²) in [5, 5.41) is 22.6. The highest BCUT2D eigenvalue weighted by Crippen LogP contribution is 2.19. The van der Waals surface area contributed by atoms with Crippen molar-refractivity contribution in [2.75, 3.05) is 23.9 Å². The Kier molecular flexibility index (Phi) is 7.52. The molecule has 21 heavy (non-hydrogen) atoms. The van der Waals surface area contributed by atoms with Crippen LogP contribution < -0.4 is 5.32 Å². The zero-order chi connectivity index (χ0) is 15.7. The van der Waals surface area contributed by atoms with E-state index in [2.05, 4.69) is 16.6 Å². The second-order valence-corrected chi connectivity index (χ2v) is 5.47. The number of hydrogen-bond donors (Lipinski definition) is 2. The van der Waals surface area contributed by atoms with E-state index in [4.69, 9.17) is 5.11 Å².